The molecule has 0 heterocycles. The molecule has 1 rings (SSSR count). The second-order valence-corrected chi connectivity index (χ2v) is 3.18. The van der Waals surface area contributed by atoms with Gasteiger partial charge < -0.3 is 15.2 Å². The molecule has 0 spiro atoms. The van der Waals surface area contributed by atoms with Crippen LogP contribution < -0.4 is 15.2 Å². The molecule has 0 unspecified atom stereocenters. The van der Waals surface area contributed by atoms with Crippen molar-refractivity contribution < 1.29 is 9.47 Å². The predicted octanol–water partition coefficient (Wildman–Crippen LogP) is 1.95. The number of para-hydroxylation sites is 1. The van der Waals surface area contributed by atoms with E-state index in [0.29, 0.717) is 31.9 Å². The number of hydrogen-bond acceptors (Lipinski definition) is 3. The third-order valence-corrected chi connectivity index (χ3v) is 2.07. The van der Waals surface area contributed by atoms with Crippen LogP contribution in [0.25, 0.3) is 0 Å². The highest BCUT2D eigenvalue weighted by Gasteiger charge is 2.09. The Morgan fingerprint density at radius 1 is 1.38 bits per heavy atom. The Balaban J connectivity index is 2.86. The number of hydrogen-bond donors (Lipinski definition) is 1. The summed E-state index contributed by atoms with van der Waals surface area (Å²) in [6.45, 7) is 3.43. The van der Waals surface area contributed by atoms with E-state index in [-0.39, 0.29) is 0 Å². The lowest BCUT2D eigenvalue weighted by atomic mass is 10.2. The first kappa shape index (κ1) is 12.4. The fraction of sp³-hybridized carbons (Fsp3) is 0.385. The van der Waals surface area contributed by atoms with Crippen molar-refractivity contribution in [3.8, 4) is 23.8 Å². The largest absolute Gasteiger partial charge is 0.490 e. The Hall–Kier alpha value is -1.66. The van der Waals surface area contributed by atoms with Crippen LogP contribution >= 0.6 is 0 Å². The smallest absolute Gasteiger partial charge is 0.165 e. The third-order valence-electron chi connectivity index (χ3n) is 2.07. The monoisotopic (exact) mass is 219 g/mol. The summed E-state index contributed by atoms with van der Waals surface area (Å²) >= 11 is 0. The van der Waals surface area contributed by atoms with Crippen molar-refractivity contribution in [3.63, 3.8) is 0 Å². The summed E-state index contributed by atoms with van der Waals surface area (Å²) < 4.78 is 11.1. The summed E-state index contributed by atoms with van der Waals surface area (Å²) in [6, 6.07) is 5.70. The fourth-order valence-electron chi connectivity index (χ4n) is 1.37. The van der Waals surface area contributed by atoms with E-state index in [9.17, 15) is 0 Å². The summed E-state index contributed by atoms with van der Waals surface area (Å²) in [6.07, 6.45) is 5.75. The quantitative estimate of drug-likeness (QED) is 0.587. The van der Waals surface area contributed by atoms with E-state index in [1.54, 1.807) is 0 Å². The Morgan fingerprint density at radius 3 is 2.81 bits per heavy atom. The van der Waals surface area contributed by atoms with Crippen molar-refractivity contribution in [1.29, 1.82) is 0 Å². The first-order valence-corrected chi connectivity index (χ1v) is 5.34. The van der Waals surface area contributed by atoms with Gasteiger partial charge in [0.1, 0.15) is 0 Å². The van der Waals surface area contributed by atoms with Gasteiger partial charge in [0.25, 0.3) is 0 Å². The highest BCUT2D eigenvalue weighted by Crippen LogP contribution is 2.31. The summed E-state index contributed by atoms with van der Waals surface area (Å²) in [7, 11) is 0. The van der Waals surface area contributed by atoms with E-state index in [4.69, 9.17) is 21.6 Å². The van der Waals surface area contributed by atoms with Crippen molar-refractivity contribution >= 4 is 0 Å². The van der Waals surface area contributed by atoms with Gasteiger partial charge in [-0.1, -0.05) is 12.1 Å². The zero-order chi connectivity index (χ0) is 11.8. The standard InChI is InChI=1S/C13H17NO2/c1-3-5-9-16-13-11(10-14)7-6-8-12(13)15-4-2/h1,6-8H,4-5,9-10,14H2,2H3. The molecule has 3 heteroatoms. The van der Waals surface area contributed by atoms with Gasteiger partial charge in [-0.05, 0) is 13.0 Å². The van der Waals surface area contributed by atoms with E-state index < -0.39 is 0 Å². The van der Waals surface area contributed by atoms with E-state index in [1.165, 1.54) is 0 Å². The lowest BCUT2D eigenvalue weighted by molar-refractivity contribution is 0.279. The molecular weight excluding hydrogens is 202 g/mol. The summed E-state index contributed by atoms with van der Waals surface area (Å²) in [5, 5.41) is 0. The molecule has 0 aliphatic heterocycles. The Labute approximate surface area is 96.6 Å². The number of nitrogens with two attached hydrogens (primary N) is 1. The zero-order valence-electron chi connectivity index (χ0n) is 9.53. The minimum Gasteiger partial charge on any atom is -0.490 e. The van der Waals surface area contributed by atoms with Crippen LogP contribution in [0.1, 0.15) is 18.9 Å². The highest BCUT2D eigenvalue weighted by atomic mass is 16.5. The molecule has 0 amide bonds. The fourth-order valence-corrected chi connectivity index (χ4v) is 1.37. The molecule has 3 nitrogen and oxygen atoms in total. The van der Waals surface area contributed by atoms with Gasteiger partial charge in [0.05, 0.1) is 13.2 Å². The van der Waals surface area contributed by atoms with Crippen LogP contribution in [-0.2, 0) is 6.54 Å². The molecule has 0 aliphatic rings. The van der Waals surface area contributed by atoms with E-state index >= 15 is 0 Å². The molecule has 0 aliphatic carbocycles. The third kappa shape index (κ3) is 3.18. The summed E-state index contributed by atoms with van der Waals surface area (Å²) in [5.41, 5.74) is 6.58. The normalized spacial score (nSPS) is 9.56. The summed E-state index contributed by atoms with van der Waals surface area (Å²) in [4.78, 5) is 0. The van der Waals surface area contributed by atoms with Crippen molar-refractivity contribution in [2.24, 2.45) is 5.73 Å². The Kier molecular flexibility index (Phi) is 5.24. The SMILES string of the molecule is C#CCCOc1c(CN)cccc1OCC. The van der Waals surface area contributed by atoms with Crippen LogP contribution in [0.15, 0.2) is 18.2 Å². The first-order valence-electron chi connectivity index (χ1n) is 5.34. The number of benzene rings is 1. The van der Waals surface area contributed by atoms with Crippen molar-refractivity contribution in [2.75, 3.05) is 13.2 Å². The van der Waals surface area contributed by atoms with Crippen LogP contribution in [0, 0.1) is 12.3 Å². The van der Waals surface area contributed by atoms with E-state index in [0.717, 1.165) is 11.3 Å². The number of terminal acetylenes is 1. The molecule has 1 aromatic carbocycles. The van der Waals surface area contributed by atoms with Crippen LogP contribution in [-0.4, -0.2) is 13.2 Å². The average Bonchev–Trinajstić information content (AvgIpc) is 2.31. The van der Waals surface area contributed by atoms with Gasteiger partial charge in [0.15, 0.2) is 11.5 Å². The molecule has 0 radical (unpaired) electrons. The van der Waals surface area contributed by atoms with Crippen LogP contribution in [0.4, 0.5) is 0 Å². The van der Waals surface area contributed by atoms with Gasteiger partial charge in [-0.15, -0.1) is 12.3 Å². The highest BCUT2D eigenvalue weighted by molar-refractivity contribution is 5.46. The Morgan fingerprint density at radius 2 is 2.19 bits per heavy atom. The lowest BCUT2D eigenvalue weighted by Crippen LogP contribution is -2.06. The maximum absolute atomic E-state index is 5.64. The maximum atomic E-state index is 5.64. The van der Waals surface area contributed by atoms with Gasteiger partial charge in [-0.3, -0.25) is 0 Å². The molecule has 1 aromatic rings. The maximum Gasteiger partial charge on any atom is 0.165 e. The molecule has 0 fully saturated rings. The topological polar surface area (TPSA) is 44.5 Å². The first-order chi connectivity index (χ1) is 7.83. The van der Waals surface area contributed by atoms with Crippen LogP contribution in [0.3, 0.4) is 0 Å². The molecule has 0 saturated heterocycles. The van der Waals surface area contributed by atoms with Gasteiger partial charge in [-0.25, -0.2) is 0 Å². The van der Waals surface area contributed by atoms with E-state index in [1.807, 2.05) is 25.1 Å². The lowest BCUT2D eigenvalue weighted by Gasteiger charge is -2.14. The molecule has 0 atom stereocenters. The second-order valence-electron chi connectivity index (χ2n) is 3.18. The minimum absolute atomic E-state index is 0.423. The number of ether oxygens (including phenoxy) is 2. The van der Waals surface area contributed by atoms with Crippen LogP contribution in [0.2, 0.25) is 0 Å². The molecule has 0 aromatic heterocycles. The molecular formula is C13H17NO2. The van der Waals surface area contributed by atoms with Crippen molar-refractivity contribution in [2.45, 2.75) is 19.9 Å². The predicted molar refractivity (Wildman–Crippen MR) is 64.4 cm³/mol. The van der Waals surface area contributed by atoms with Crippen molar-refractivity contribution in [1.82, 2.24) is 0 Å². The average molecular weight is 219 g/mol. The zero-order valence-corrected chi connectivity index (χ0v) is 9.53. The van der Waals surface area contributed by atoms with Crippen molar-refractivity contribution in [3.05, 3.63) is 23.8 Å². The molecule has 16 heavy (non-hydrogen) atoms. The van der Waals surface area contributed by atoms with Gasteiger partial charge in [-0.2, -0.15) is 0 Å². The molecule has 2 N–H and O–H groups in total. The van der Waals surface area contributed by atoms with Gasteiger partial charge in [0, 0.05) is 18.5 Å². The van der Waals surface area contributed by atoms with Gasteiger partial charge >= 0.3 is 0 Å². The van der Waals surface area contributed by atoms with Gasteiger partial charge in [0.2, 0.25) is 0 Å². The minimum atomic E-state index is 0.423. The Bertz CT molecular complexity index is 369. The van der Waals surface area contributed by atoms with E-state index in [2.05, 4.69) is 5.92 Å². The molecule has 86 valence electrons. The number of rotatable bonds is 6. The summed E-state index contributed by atoms with van der Waals surface area (Å²) in [5.74, 6) is 3.96. The molecule has 0 bridgehead atoms. The molecule has 0 saturated carbocycles. The van der Waals surface area contributed by atoms with Crippen LogP contribution in [0.5, 0.6) is 11.5 Å². The second kappa shape index (κ2) is 6.76.